The predicted octanol–water partition coefficient (Wildman–Crippen LogP) is 2.02. The molecule has 0 bridgehead atoms. The van der Waals surface area contributed by atoms with Crippen molar-refractivity contribution in [3.8, 4) is 11.1 Å². The molecule has 0 spiro atoms. The molecule has 2 aromatic rings. The largest absolute Gasteiger partial charge is 0.393 e. The van der Waals surface area contributed by atoms with E-state index in [1.807, 2.05) is 48.5 Å². The second-order valence-electron chi connectivity index (χ2n) is 8.40. The van der Waals surface area contributed by atoms with Crippen LogP contribution in [0.3, 0.4) is 0 Å². The van der Waals surface area contributed by atoms with Crippen LogP contribution in [-0.4, -0.2) is 66.6 Å². The summed E-state index contributed by atoms with van der Waals surface area (Å²) in [6.45, 7) is 1.27. The zero-order valence-electron chi connectivity index (χ0n) is 18.8. The third-order valence-electron chi connectivity index (χ3n) is 6.20. The van der Waals surface area contributed by atoms with Crippen molar-refractivity contribution in [3.05, 3.63) is 59.7 Å². The van der Waals surface area contributed by atoms with Gasteiger partial charge in [0.05, 0.1) is 12.3 Å². The average molecular weight is 479 g/mol. The van der Waals surface area contributed by atoms with Crippen molar-refractivity contribution in [1.82, 2.24) is 5.48 Å². The van der Waals surface area contributed by atoms with E-state index >= 15 is 0 Å². The average Bonchev–Trinajstić information content (AvgIpc) is 3.27. The van der Waals surface area contributed by atoms with E-state index in [1.165, 1.54) is 6.92 Å². The fourth-order valence-corrected chi connectivity index (χ4v) is 4.77. The number of hydrogen-bond acceptors (Lipinski definition) is 9. The summed E-state index contributed by atoms with van der Waals surface area (Å²) in [5.41, 5.74) is 6.06. The molecule has 10 heteroatoms. The van der Waals surface area contributed by atoms with Gasteiger partial charge >= 0.3 is 0 Å². The number of hydrogen-bond donors (Lipinski definition) is 4. The van der Waals surface area contributed by atoms with Gasteiger partial charge in [0.15, 0.2) is 9.84 Å². The predicted molar refractivity (Wildman–Crippen MR) is 124 cm³/mol. The first-order valence-corrected chi connectivity index (χ1v) is 12.4. The SMILES string of the molecule is COC(CO)c1ccc(-c2ccc(C3=NOC(CC(C)(C(O)NO)S(C)(=O)=O)C3)cc2)cc1. The highest BCUT2D eigenvalue weighted by Crippen LogP contribution is 2.31. The normalized spacial score (nSPS) is 19.9. The van der Waals surface area contributed by atoms with E-state index in [9.17, 15) is 18.6 Å². The van der Waals surface area contributed by atoms with Crippen LogP contribution in [0, 0.1) is 0 Å². The number of nitrogens with one attached hydrogen (secondary N) is 1. The number of sulfone groups is 1. The Bertz CT molecular complexity index is 1070. The summed E-state index contributed by atoms with van der Waals surface area (Å²) < 4.78 is 28.1. The molecule has 180 valence electrons. The molecular formula is C23H30N2O7S. The van der Waals surface area contributed by atoms with Crippen molar-refractivity contribution in [2.45, 2.75) is 42.9 Å². The molecule has 0 amide bonds. The van der Waals surface area contributed by atoms with Crippen molar-refractivity contribution in [2.75, 3.05) is 20.0 Å². The summed E-state index contributed by atoms with van der Waals surface area (Å²) in [7, 11) is -2.16. The van der Waals surface area contributed by atoms with Gasteiger partial charge in [-0.15, -0.1) is 0 Å². The lowest BCUT2D eigenvalue weighted by Gasteiger charge is -2.32. The Kier molecular flexibility index (Phi) is 7.88. The Hall–Kier alpha value is -2.34. The second-order valence-corrected chi connectivity index (χ2v) is 10.9. The Morgan fingerprint density at radius 2 is 1.70 bits per heavy atom. The van der Waals surface area contributed by atoms with E-state index < -0.39 is 26.9 Å². The zero-order valence-corrected chi connectivity index (χ0v) is 19.6. The maximum absolute atomic E-state index is 12.2. The van der Waals surface area contributed by atoms with Crippen molar-refractivity contribution >= 4 is 15.5 Å². The number of nitrogens with zero attached hydrogens (tertiary/aromatic N) is 1. The number of hydroxylamine groups is 1. The maximum atomic E-state index is 12.2. The van der Waals surface area contributed by atoms with Crippen LogP contribution in [0.5, 0.6) is 0 Å². The Morgan fingerprint density at radius 3 is 2.18 bits per heavy atom. The molecule has 0 aromatic heterocycles. The fourth-order valence-electron chi connectivity index (χ4n) is 3.82. The lowest BCUT2D eigenvalue weighted by atomic mass is 9.95. The number of benzene rings is 2. The maximum Gasteiger partial charge on any atom is 0.156 e. The van der Waals surface area contributed by atoms with Crippen LogP contribution < -0.4 is 5.48 Å². The molecule has 0 aliphatic carbocycles. The number of oxime groups is 1. The molecule has 0 saturated heterocycles. The van der Waals surface area contributed by atoms with Gasteiger partial charge in [-0.3, -0.25) is 0 Å². The molecule has 4 atom stereocenters. The number of aliphatic hydroxyl groups is 2. The lowest BCUT2D eigenvalue weighted by Crippen LogP contribution is -2.54. The van der Waals surface area contributed by atoms with Gasteiger partial charge in [-0.25, -0.2) is 8.42 Å². The Morgan fingerprint density at radius 1 is 1.15 bits per heavy atom. The molecule has 9 nitrogen and oxygen atoms in total. The van der Waals surface area contributed by atoms with Gasteiger partial charge in [-0.2, -0.15) is 5.48 Å². The quantitative estimate of drug-likeness (QED) is 0.301. The molecule has 1 heterocycles. The van der Waals surface area contributed by atoms with Crippen LogP contribution in [0.2, 0.25) is 0 Å². The van der Waals surface area contributed by atoms with Crippen molar-refractivity contribution < 1.29 is 33.4 Å². The van der Waals surface area contributed by atoms with Crippen molar-refractivity contribution in [2.24, 2.45) is 5.16 Å². The van der Waals surface area contributed by atoms with Crippen LogP contribution >= 0.6 is 0 Å². The summed E-state index contributed by atoms with van der Waals surface area (Å²) >= 11 is 0. The molecule has 1 aliphatic heterocycles. The lowest BCUT2D eigenvalue weighted by molar-refractivity contribution is -0.0355. The summed E-state index contributed by atoms with van der Waals surface area (Å²) in [6, 6.07) is 15.5. The third-order valence-corrected chi connectivity index (χ3v) is 8.28. The van der Waals surface area contributed by atoms with E-state index in [-0.39, 0.29) is 19.1 Å². The van der Waals surface area contributed by atoms with Crippen LogP contribution in [0.25, 0.3) is 11.1 Å². The molecule has 4 unspecified atom stereocenters. The molecule has 0 radical (unpaired) electrons. The van der Waals surface area contributed by atoms with E-state index in [2.05, 4.69) is 5.16 Å². The number of rotatable bonds is 10. The third kappa shape index (κ3) is 5.43. The van der Waals surface area contributed by atoms with E-state index in [1.54, 1.807) is 12.6 Å². The first-order chi connectivity index (χ1) is 15.6. The highest BCUT2D eigenvalue weighted by atomic mass is 32.2. The van der Waals surface area contributed by atoms with Crippen molar-refractivity contribution in [1.29, 1.82) is 0 Å². The number of ether oxygens (including phenoxy) is 1. The van der Waals surface area contributed by atoms with Crippen LogP contribution in [0.4, 0.5) is 0 Å². The highest BCUT2D eigenvalue weighted by molar-refractivity contribution is 7.92. The smallest absolute Gasteiger partial charge is 0.156 e. The number of aliphatic hydroxyl groups excluding tert-OH is 2. The molecule has 1 aliphatic rings. The second kappa shape index (κ2) is 10.3. The van der Waals surface area contributed by atoms with Crippen LogP contribution in [-0.2, 0) is 19.4 Å². The minimum atomic E-state index is -3.72. The summed E-state index contributed by atoms with van der Waals surface area (Å²) in [5, 5.41) is 32.6. The van der Waals surface area contributed by atoms with Gasteiger partial charge in [0.1, 0.15) is 23.2 Å². The minimum absolute atomic E-state index is 0.0473. The first kappa shape index (κ1) is 25.3. The molecule has 33 heavy (non-hydrogen) atoms. The Balaban J connectivity index is 1.69. The standard InChI is InChI=1S/C23H30N2O7S/c1-23(22(27)24-28,33(3,29)30)13-19-12-20(25-32-19)17-8-4-15(5-9-17)16-6-10-18(11-7-16)21(14-26)31-2/h4-11,19,21-22,24,26-28H,12-14H2,1-3H3. The molecule has 0 fully saturated rings. The summed E-state index contributed by atoms with van der Waals surface area (Å²) in [4.78, 5) is 5.45. The fraction of sp³-hybridized carbons (Fsp3) is 0.435. The monoisotopic (exact) mass is 478 g/mol. The molecule has 3 rings (SSSR count). The van der Waals surface area contributed by atoms with Gasteiger partial charge in [0, 0.05) is 26.2 Å². The zero-order chi connectivity index (χ0) is 24.2. The number of methoxy groups -OCH3 is 1. The van der Waals surface area contributed by atoms with E-state index in [4.69, 9.17) is 14.8 Å². The van der Waals surface area contributed by atoms with Crippen LogP contribution in [0.15, 0.2) is 53.7 Å². The van der Waals surface area contributed by atoms with E-state index in [0.717, 1.165) is 28.5 Å². The minimum Gasteiger partial charge on any atom is -0.393 e. The van der Waals surface area contributed by atoms with Gasteiger partial charge in [0.2, 0.25) is 0 Å². The van der Waals surface area contributed by atoms with Crippen LogP contribution in [0.1, 0.15) is 37.0 Å². The molecule has 4 N–H and O–H groups in total. The van der Waals surface area contributed by atoms with E-state index in [0.29, 0.717) is 12.1 Å². The molecular weight excluding hydrogens is 448 g/mol. The Labute approximate surface area is 193 Å². The van der Waals surface area contributed by atoms with Crippen molar-refractivity contribution in [3.63, 3.8) is 0 Å². The summed E-state index contributed by atoms with van der Waals surface area (Å²) in [6.07, 6.45) is -1.24. The van der Waals surface area contributed by atoms with Gasteiger partial charge in [-0.1, -0.05) is 53.7 Å². The highest BCUT2D eigenvalue weighted by Gasteiger charge is 2.46. The topological polar surface area (TPSA) is 138 Å². The molecule has 0 saturated carbocycles. The van der Waals surface area contributed by atoms with Gasteiger partial charge in [0.25, 0.3) is 0 Å². The first-order valence-electron chi connectivity index (χ1n) is 10.5. The summed E-state index contributed by atoms with van der Waals surface area (Å²) in [5.74, 6) is 0. The van der Waals surface area contributed by atoms with Gasteiger partial charge < -0.3 is 25.0 Å². The molecule has 2 aromatic carbocycles. The van der Waals surface area contributed by atoms with Gasteiger partial charge in [-0.05, 0) is 29.2 Å².